The molecule has 158 valence electrons. The van der Waals surface area contributed by atoms with Crippen molar-refractivity contribution in [1.29, 1.82) is 0 Å². The fourth-order valence-electron chi connectivity index (χ4n) is 2.66. The maximum Gasteiger partial charge on any atom is 0.242 e. The predicted molar refractivity (Wildman–Crippen MR) is 112 cm³/mol. The first-order valence-electron chi connectivity index (χ1n) is 9.98. The number of hydrogen-bond acceptors (Lipinski definition) is 5. The monoisotopic (exact) mass is 401 g/mol. The largest absolute Gasteiger partial charge is 0.375 e. The van der Waals surface area contributed by atoms with Crippen molar-refractivity contribution < 1.29 is 19.1 Å². The lowest BCUT2D eigenvalue weighted by atomic mass is 9.95. The van der Waals surface area contributed by atoms with Gasteiger partial charge < -0.3 is 9.47 Å². The van der Waals surface area contributed by atoms with Crippen LogP contribution in [-0.2, 0) is 19.1 Å². The summed E-state index contributed by atoms with van der Waals surface area (Å²) in [5.41, 5.74) is -0.274. The van der Waals surface area contributed by atoms with Gasteiger partial charge in [-0.2, -0.15) is 0 Å². The summed E-state index contributed by atoms with van der Waals surface area (Å²) in [4.78, 5) is 24.8. The lowest BCUT2D eigenvalue weighted by molar-refractivity contribution is -0.136. The molecule has 1 aliphatic rings. The molecule has 0 aromatic heterocycles. The van der Waals surface area contributed by atoms with E-state index in [0.717, 1.165) is 31.6 Å². The number of nitrogens with zero attached hydrogens (tertiary/aromatic N) is 1. The van der Waals surface area contributed by atoms with Crippen molar-refractivity contribution in [3.8, 4) is 0 Å². The average Bonchev–Trinajstić information content (AvgIpc) is 2.79. The Morgan fingerprint density at radius 2 is 1.70 bits per heavy atom. The normalized spacial score (nSPS) is 21.0. The van der Waals surface area contributed by atoms with Crippen molar-refractivity contribution in [1.82, 2.24) is 4.90 Å². The quantitative estimate of drug-likeness (QED) is 0.484. The molecular weight excluding hydrogens is 362 g/mol. The maximum atomic E-state index is 12.0. The van der Waals surface area contributed by atoms with Crippen LogP contribution < -0.4 is 0 Å². The minimum atomic E-state index is -0.261. The second-order valence-corrected chi connectivity index (χ2v) is 10.9. The third-order valence-corrected chi connectivity index (χ3v) is 6.30. The Bertz CT molecular complexity index is 515. The molecule has 0 aliphatic carbocycles. The highest BCUT2D eigenvalue weighted by Crippen LogP contribution is 2.29. The van der Waals surface area contributed by atoms with Gasteiger partial charge in [0.15, 0.2) is 0 Å². The van der Waals surface area contributed by atoms with Gasteiger partial charge in [0.25, 0.3) is 0 Å². The van der Waals surface area contributed by atoms with Crippen molar-refractivity contribution >= 4 is 23.6 Å². The van der Waals surface area contributed by atoms with E-state index in [0.29, 0.717) is 13.0 Å². The molecule has 1 saturated heterocycles. The van der Waals surface area contributed by atoms with Gasteiger partial charge in [-0.25, -0.2) is 0 Å². The number of carbonyl (C=O) groups is 2. The number of amides is 2. The van der Waals surface area contributed by atoms with E-state index in [1.165, 1.54) is 4.90 Å². The Kier molecular flexibility index (Phi) is 8.83. The molecule has 1 aliphatic heterocycles. The highest BCUT2D eigenvalue weighted by molar-refractivity contribution is 8.00. The molecule has 0 aromatic carbocycles. The highest BCUT2D eigenvalue weighted by Gasteiger charge is 2.36. The smallest absolute Gasteiger partial charge is 0.242 e. The van der Waals surface area contributed by atoms with Crippen LogP contribution in [0.4, 0.5) is 0 Å². The molecule has 2 atom stereocenters. The molecule has 0 N–H and O–H groups in total. The first kappa shape index (κ1) is 24.4. The lowest BCUT2D eigenvalue weighted by Gasteiger charge is -2.34. The summed E-state index contributed by atoms with van der Waals surface area (Å²) >= 11 is 1.56. The van der Waals surface area contributed by atoms with Gasteiger partial charge in [0.2, 0.25) is 11.8 Å². The number of hydrogen-bond donors (Lipinski definition) is 0. The molecule has 0 aromatic rings. The number of likely N-dealkylation sites (tertiary alicyclic amines) is 1. The number of thioether (sulfide) groups is 1. The van der Waals surface area contributed by atoms with Crippen LogP contribution in [0.25, 0.3) is 0 Å². The molecule has 1 fully saturated rings. The third-order valence-electron chi connectivity index (χ3n) is 5.09. The number of imide groups is 1. The van der Waals surface area contributed by atoms with Gasteiger partial charge >= 0.3 is 0 Å². The van der Waals surface area contributed by atoms with Gasteiger partial charge in [-0.3, -0.25) is 14.5 Å². The van der Waals surface area contributed by atoms with Gasteiger partial charge in [0, 0.05) is 13.5 Å². The van der Waals surface area contributed by atoms with Crippen LogP contribution in [0.5, 0.6) is 0 Å². The SMILES string of the molecule is CCC(C)(CCOC(C)(C)CCSC1CC(=O)N(C)C1=O)OCC(C)(C)C. The Hall–Kier alpha value is -0.590. The van der Waals surface area contributed by atoms with Crippen LogP contribution in [0.1, 0.15) is 74.1 Å². The first-order chi connectivity index (χ1) is 12.3. The molecule has 0 radical (unpaired) electrons. The minimum Gasteiger partial charge on any atom is -0.375 e. The van der Waals surface area contributed by atoms with Crippen molar-refractivity contribution in [2.24, 2.45) is 5.41 Å². The molecule has 27 heavy (non-hydrogen) atoms. The van der Waals surface area contributed by atoms with Crippen LogP contribution in [0.15, 0.2) is 0 Å². The Labute approximate surface area is 169 Å². The van der Waals surface area contributed by atoms with E-state index in [1.54, 1.807) is 18.8 Å². The molecule has 2 unspecified atom stereocenters. The van der Waals surface area contributed by atoms with Crippen LogP contribution in [0.3, 0.4) is 0 Å². The summed E-state index contributed by atoms with van der Waals surface area (Å²) in [6.07, 6.45) is 2.97. The summed E-state index contributed by atoms with van der Waals surface area (Å²) in [5.74, 6) is 0.649. The first-order valence-corrected chi connectivity index (χ1v) is 11.0. The Morgan fingerprint density at radius 3 is 2.19 bits per heavy atom. The van der Waals surface area contributed by atoms with E-state index in [-0.39, 0.29) is 33.7 Å². The summed E-state index contributed by atoms with van der Waals surface area (Å²) in [6, 6.07) is 0. The Morgan fingerprint density at radius 1 is 1.07 bits per heavy atom. The van der Waals surface area contributed by atoms with Gasteiger partial charge in [-0.1, -0.05) is 27.7 Å². The fraction of sp³-hybridized carbons (Fsp3) is 0.905. The van der Waals surface area contributed by atoms with Gasteiger partial charge in [-0.05, 0) is 51.2 Å². The average molecular weight is 402 g/mol. The van der Waals surface area contributed by atoms with Crippen molar-refractivity contribution in [2.45, 2.75) is 90.6 Å². The number of carbonyl (C=O) groups excluding carboxylic acids is 2. The molecule has 5 nitrogen and oxygen atoms in total. The van der Waals surface area contributed by atoms with E-state index >= 15 is 0 Å². The van der Waals surface area contributed by atoms with Crippen LogP contribution in [0, 0.1) is 5.41 Å². The van der Waals surface area contributed by atoms with Crippen molar-refractivity contribution in [2.75, 3.05) is 26.0 Å². The second-order valence-electron chi connectivity index (χ2n) is 9.62. The second kappa shape index (κ2) is 9.75. The van der Waals surface area contributed by atoms with E-state index < -0.39 is 0 Å². The van der Waals surface area contributed by atoms with Crippen LogP contribution >= 0.6 is 11.8 Å². The number of rotatable bonds is 11. The third kappa shape index (κ3) is 8.53. The fourth-order valence-corrected chi connectivity index (χ4v) is 4.11. The Balaban J connectivity index is 2.35. The van der Waals surface area contributed by atoms with Gasteiger partial charge in [0.1, 0.15) is 0 Å². The van der Waals surface area contributed by atoms with E-state index in [4.69, 9.17) is 9.47 Å². The molecule has 1 heterocycles. The summed E-state index contributed by atoms with van der Waals surface area (Å²) in [5, 5.41) is -0.229. The molecule has 6 heteroatoms. The number of ether oxygens (including phenoxy) is 2. The van der Waals surface area contributed by atoms with E-state index in [2.05, 4.69) is 48.5 Å². The molecule has 0 saturated carbocycles. The maximum absolute atomic E-state index is 12.0. The zero-order valence-electron chi connectivity index (χ0n) is 18.5. The molecule has 2 amide bonds. The van der Waals surface area contributed by atoms with Gasteiger partial charge in [-0.15, -0.1) is 11.8 Å². The van der Waals surface area contributed by atoms with Gasteiger partial charge in [0.05, 0.1) is 29.7 Å². The van der Waals surface area contributed by atoms with E-state index in [9.17, 15) is 9.59 Å². The summed E-state index contributed by atoms with van der Waals surface area (Å²) < 4.78 is 12.3. The standard InChI is InChI=1S/C21H39NO4S/c1-9-21(7,26-15-19(2,3)4)10-12-25-20(5,6)11-13-27-16-14-17(23)22(8)18(16)24/h16H,9-15H2,1-8H3. The van der Waals surface area contributed by atoms with E-state index in [1.807, 2.05) is 0 Å². The topological polar surface area (TPSA) is 55.8 Å². The van der Waals surface area contributed by atoms with Crippen molar-refractivity contribution in [3.05, 3.63) is 0 Å². The zero-order valence-corrected chi connectivity index (χ0v) is 19.3. The van der Waals surface area contributed by atoms with Crippen molar-refractivity contribution in [3.63, 3.8) is 0 Å². The molecule has 1 rings (SSSR count). The molecule has 0 bridgehead atoms. The zero-order chi connectivity index (χ0) is 20.9. The van der Waals surface area contributed by atoms with Crippen LogP contribution in [-0.4, -0.2) is 59.2 Å². The highest BCUT2D eigenvalue weighted by atomic mass is 32.2. The van der Waals surface area contributed by atoms with Crippen LogP contribution in [0.2, 0.25) is 0 Å². The predicted octanol–water partition coefficient (Wildman–Crippen LogP) is 4.28. The molecular formula is C21H39NO4S. The minimum absolute atomic E-state index is 0.0709. The summed E-state index contributed by atoms with van der Waals surface area (Å²) in [7, 11) is 1.56. The molecule has 0 spiro atoms. The summed E-state index contributed by atoms with van der Waals surface area (Å²) in [6.45, 7) is 16.4. The lowest BCUT2D eigenvalue weighted by Crippen LogP contribution is -2.35.